The molecule has 1 unspecified atom stereocenters. The fraction of sp³-hybridized carbons (Fsp3) is 0.429. The highest BCUT2D eigenvalue weighted by Gasteiger charge is 2.30. The second-order valence-corrected chi connectivity index (χ2v) is 4.70. The monoisotopic (exact) mass is 261 g/mol. The van der Waals surface area contributed by atoms with Crippen molar-refractivity contribution in [3.8, 4) is 0 Å². The third-order valence-corrected chi connectivity index (χ3v) is 3.46. The highest BCUT2D eigenvalue weighted by atomic mass is 16.2. The number of nitrogens with zero attached hydrogens (tertiary/aromatic N) is 1. The largest absolute Gasteiger partial charge is 0.384 e. The summed E-state index contributed by atoms with van der Waals surface area (Å²) in [6.45, 7) is 1.07. The fourth-order valence-electron chi connectivity index (χ4n) is 2.27. The maximum Gasteiger partial charge on any atom is 0.231 e. The van der Waals surface area contributed by atoms with E-state index >= 15 is 0 Å². The molecule has 0 aromatic heterocycles. The predicted octanol–water partition coefficient (Wildman–Crippen LogP) is 0.790. The first-order valence-electron chi connectivity index (χ1n) is 6.42. The molecule has 0 fully saturated rings. The summed E-state index contributed by atoms with van der Waals surface area (Å²) in [6, 6.07) is 7.85. The van der Waals surface area contributed by atoms with E-state index in [1.165, 1.54) is 0 Å². The number of hydrogen-bond acceptors (Lipinski definition) is 3. The van der Waals surface area contributed by atoms with E-state index in [4.69, 9.17) is 0 Å². The molecule has 5 nitrogen and oxygen atoms in total. The molecule has 1 aliphatic heterocycles. The number of amides is 2. The summed E-state index contributed by atoms with van der Waals surface area (Å²) in [4.78, 5) is 25.2. The van der Waals surface area contributed by atoms with Gasteiger partial charge >= 0.3 is 0 Å². The molecular formula is C14H19N3O2. The van der Waals surface area contributed by atoms with Crippen LogP contribution in [0.15, 0.2) is 24.3 Å². The Morgan fingerprint density at radius 2 is 2.16 bits per heavy atom. The van der Waals surface area contributed by atoms with Crippen LogP contribution in [-0.2, 0) is 9.59 Å². The van der Waals surface area contributed by atoms with E-state index in [9.17, 15) is 9.59 Å². The van der Waals surface area contributed by atoms with Gasteiger partial charge in [-0.25, -0.2) is 0 Å². The van der Waals surface area contributed by atoms with Crippen molar-refractivity contribution in [3.63, 3.8) is 0 Å². The van der Waals surface area contributed by atoms with Gasteiger partial charge in [-0.2, -0.15) is 0 Å². The summed E-state index contributed by atoms with van der Waals surface area (Å²) in [5.41, 5.74) is 2.07. The standard InChI is InChI=1S/C14H19N3O2/c1-15-13(18)7-8-17(2)14(19)11-9-16-12-6-4-3-5-10(11)12/h3-6,11,16H,7-9H2,1-2H3,(H,15,18). The van der Waals surface area contributed by atoms with E-state index in [2.05, 4.69) is 10.6 Å². The quantitative estimate of drug-likeness (QED) is 0.842. The lowest BCUT2D eigenvalue weighted by Crippen LogP contribution is -2.35. The SMILES string of the molecule is CNC(=O)CCN(C)C(=O)C1CNc2ccccc21. The van der Waals surface area contributed by atoms with E-state index in [-0.39, 0.29) is 17.7 Å². The van der Waals surface area contributed by atoms with Crippen molar-refractivity contribution in [2.24, 2.45) is 0 Å². The lowest BCUT2D eigenvalue weighted by Gasteiger charge is -2.20. The van der Waals surface area contributed by atoms with Crippen molar-refractivity contribution < 1.29 is 9.59 Å². The van der Waals surface area contributed by atoms with Crippen LogP contribution in [0, 0.1) is 0 Å². The van der Waals surface area contributed by atoms with E-state index in [0.29, 0.717) is 19.5 Å². The van der Waals surface area contributed by atoms with Gasteiger partial charge in [0.05, 0.1) is 5.92 Å². The Kier molecular flexibility index (Phi) is 4.04. The number of rotatable bonds is 4. The minimum absolute atomic E-state index is 0.0513. The van der Waals surface area contributed by atoms with Gasteiger partial charge < -0.3 is 15.5 Å². The maximum atomic E-state index is 12.4. The highest BCUT2D eigenvalue weighted by Crippen LogP contribution is 2.31. The van der Waals surface area contributed by atoms with E-state index in [1.54, 1.807) is 19.0 Å². The molecule has 1 atom stereocenters. The zero-order valence-corrected chi connectivity index (χ0v) is 11.3. The summed E-state index contributed by atoms with van der Waals surface area (Å²) in [7, 11) is 3.34. The number of para-hydroxylation sites is 1. The number of nitrogens with one attached hydrogen (secondary N) is 2. The van der Waals surface area contributed by atoms with Gasteiger partial charge in [-0.1, -0.05) is 18.2 Å². The molecule has 102 valence electrons. The zero-order chi connectivity index (χ0) is 13.8. The smallest absolute Gasteiger partial charge is 0.231 e. The Hall–Kier alpha value is -2.04. The Morgan fingerprint density at radius 3 is 2.89 bits per heavy atom. The van der Waals surface area contributed by atoms with Crippen LogP contribution in [-0.4, -0.2) is 43.9 Å². The first kappa shape index (κ1) is 13.4. The zero-order valence-electron chi connectivity index (χ0n) is 11.3. The van der Waals surface area contributed by atoms with Crippen LogP contribution in [0.2, 0.25) is 0 Å². The normalized spacial score (nSPS) is 16.4. The molecule has 1 heterocycles. The third kappa shape index (κ3) is 2.86. The number of fused-ring (bicyclic) bond motifs is 1. The Balaban J connectivity index is 1.99. The highest BCUT2D eigenvalue weighted by molar-refractivity contribution is 5.88. The van der Waals surface area contributed by atoms with Crippen LogP contribution in [0.25, 0.3) is 0 Å². The van der Waals surface area contributed by atoms with Crippen LogP contribution in [0.5, 0.6) is 0 Å². The second kappa shape index (κ2) is 5.73. The van der Waals surface area contributed by atoms with Crippen LogP contribution < -0.4 is 10.6 Å². The number of carbonyl (C=O) groups is 2. The maximum absolute atomic E-state index is 12.4. The molecule has 0 radical (unpaired) electrons. The van der Waals surface area contributed by atoms with Crippen LogP contribution in [0.3, 0.4) is 0 Å². The van der Waals surface area contributed by atoms with Crippen LogP contribution in [0.1, 0.15) is 17.9 Å². The van der Waals surface area contributed by atoms with Crippen molar-refractivity contribution in [1.82, 2.24) is 10.2 Å². The molecule has 19 heavy (non-hydrogen) atoms. The van der Waals surface area contributed by atoms with Crippen molar-refractivity contribution in [3.05, 3.63) is 29.8 Å². The van der Waals surface area contributed by atoms with Gasteiger partial charge in [0, 0.05) is 39.3 Å². The summed E-state index contributed by atoms with van der Waals surface area (Å²) >= 11 is 0. The minimum atomic E-state index is -0.147. The van der Waals surface area contributed by atoms with Crippen molar-refractivity contribution in [2.45, 2.75) is 12.3 Å². The molecule has 2 rings (SSSR count). The molecule has 2 N–H and O–H groups in total. The van der Waals surface area contributed by atoms with Gasteiger partial charge in [0.2, 0.25) is 11.8 Å². The number of anilines is 1. The van der Waals surface area contributed by atoms with Crippen LogP contribution >= 0.6 is 0 Å². The first-order valence-corrected chi connectivity index (χ1v) is 6.42. The summed E-state index contributed by atoms with van der Waals surface area (Å²) in [6.07, 6.45) is 0.334. The summed E-state index contributed by atoms with van der Waals surface area (Å²) in [5, 5.41) is 5.79. The third-order valence-electron chi connectivity index (χ3n) is 3.46. The number of likely N-dealkylation sites (N-methyl/N-ethyl adjacent to an activating group) is 1. The lowest BCUT2D eigenvalue weighted by molar-refractivity contribution is -0.131. The van der Waals surface area contributed by atoms with E-state index in [0.717, 1.165) is 11.3 Å². The summed E-state index contributed by atoms with van der Waals surface area (Å²) in [5.74, 6) is -0.142. The predicted molar refractivity (Wildman–Crippen MR) is 74.0 cm³/mol. The van der Waals surface area contributed by atoms with E-state index in [1.807, 2.05) is 24.3 Å². The van der Waals surface area contributed by atoms with Gasteiger partial charge in [0.15, 0.2) is 0 Å². The molecule has 0 aliphatic carbocycles. The molecule has 0 saturated heterocycles. The fourth-order valence-corrected chi connectivity index (χ4v) is 2.27. The lowest BCUT2D eigenvalue weighted by atomic mass is 10.00. The molecule has 1 aliphatic rings. The molecule has 1 aromatic carbocycles. The van der Waals surface area contributed by atoms with Gasteiger partial charge in [-0.05, 0) is 11.6 Å². The van der Waals surface area contributed by atoms with Gasteiger partial charge in [0.1, 0.15) is 0 Å². The average Bonchev–Trinajstić information content (AvgIpc) is 2.87. The Morgan fingerprint density at radius 1 is 1.42 bits per heavy atom. The molecule has 2 amide bonds. The number of carbonyl (C=O) groups excluding carboxylic acids is 2. The molecule has 1 aromatic rings. The minimum Gasteiger partial charge on any atom is -0.384 e. The first-order chi connectivity index (χ1) is 9.13. The van der Waals surface area contributed by atoms with Crippen molar-refractivity contribution >= 4 is 17.5 Å². The van der Waals surface area contributed by atoms with Gasteiger partial charge in [-0.3, -0.25) is 9.59 Å². The molecule has 0 saturated carbocycles. The van der Waals surface area contributed by atoms with Crippen molar-refractivity contribution in [2.75, 3.05) is 32.5 Å². The summed E-state index contributed by atoms with van der Waals surface area (Å²) < 4.78 is 0. The average molecular weight is 261 g/mol. The molecule has 5 heteroatoms. The second-order valence-electron chi connectivity index (χ2n) is 4.70. The number of benzene rings is 1. The van der Waals surface area contributed by atoms with Crippen molar-refractivity contribution in [1.29, 1.82) is 0 Å². The topological polar surface area (TPSA) is 61.4 Å². The Bertz CT molecular complexity index is 487. The van der Waals surface area contributed by atoms with Gasteiger partial charge in [-0.15, -0.1) is 0 Å². The molecule has 0 spiro atoms. The van der Waals surface area contributed by atoms with Crippen LogP contribution in [0.4, 0.5) is 5.69 Å². The van der Waals surface area contributed by atoms with E-state index < -0.39 is 0 Å². The number of hydrogen-bond donors (Lipinski definition) is 2. The van der Waals surface area contributed by atoms with Gasteiger partial charge in [0.25, 0.3) is 0 Å². The molecule has 0 bridgehead atoms. The Labute approximate surface area is 113 Å². The molecular weight excluding hydrogens is 242 g/mol.